The summed E-state index contributed by atoms with van der Waals surface area (Å²) >= 11 is 0. The summed E-state index contributed by atoms with van der Waals surface area (Å²) in [5.41, 5.74) is 3.35. The Morgan fingerprint density at radius 2 is 1.97 bits per heavy atom. The highest BCUT2D eigenvalue weighted by molar-refractivity contribution is 5.80. The Labute approximate surface area is 181 Å². The highest BCUT2D eigenvalue weighted by Gasteiger charge is 2.20. The third-order valence-corrected chi connectivity index (χ3v) is 6.45. The molecule has 1 aliphatic carbocycles. The summed E-state index contributed by atoms with van der Waals surface area (Å²) in [7, 11) is 0. The van der Waals surface area contributed by atoms with Gasteiger partial charge in [-0.2, -0.15) is 5.10 Å². The van der Waals surface area contributed by atoms with Gasteiger partial charge in [0.25, 0.3) is 5.56 Å². The molecule has 2 aromatic heterocycles. The first kappa shape index (κ1) is 19.9. The van der Waals surface area contributed by atoms with E-state index in [2.05, 4.69) is 10.00 Å². The van der Waals surface area contributed by atoms with Crippen LogP contribution in [0.15, 0.2) is 71.1 Å². The number of nitrogens with zero attached hydrogens (tertiary/aromatic N) is 4. The van der Waals surface area contributed by atoms with E-state index in [0.717, 1.165) is 40.8 Å². The van der Waals surface area contributed by atoms with Crippen LogP contribution in [-0.4, -0.2) is 38.9 Å². The summed E-state index contributed by atoms with van der Waals surface area (Å²) in [6.45, 7) is 6.13. The fourth-order valence-corrected chi connectivity index (χ4v) is 4.66. The molecule has 1 atom stereocenters. The summed E-state index contributed by atoms with van der Waals surface area (Å²) in [5.74, 6) is -0.553. The lowest BCUT2D eigenvalue weighted by molar-refractivity contribution is 0.318. The second-order valence-electron chi connectivity index (χ2n) is 8.59. The second-order valence-corrected chi connectivity index (χ2v) is 8.59. The standard InChI is InChI=1S/C25H27FN4O/c1-18-4-6-22(23(26)14-18)19-8-11-29(25(31)16-19)21-5-7-24-20(15-21)17-27-30(24)13-12-28-9-2-3-10-28/h4-5,7-8,11,14-17,22H,2-3,6,9-10,12-13H2,1H3. The molecule has 31 heavy (non-hydrogen) atoms. The molecule has 3 aromatic rings. The van der Waals surface area contributed by atoms with Gasteiger partial charge in [0.05, 0.1) is 18.3 Å². The van der Waals surface area contributed by atoms with E-state index in [-0.39, 0.29) is 17.3 Å². The third kappa shape index (κ3) is 4.00. The van der Waals surface area contributed by atoms with Gasteiger partial charge in [0, 0.05) is 35.8 Å². The van der Waals surface area contributed by atoms with Crippen molar-refractivity contribution < 1.29 is 4.39 Å². The Balaban J connectivity index is 1.38. The molecule has 5 nitrogen and oxygen atoms in total. The number of benzene rings is 1. The predicted molar refractivity (Wildman–Crippen MR) is 121 cm³/mol. The highest BCUT2D eigenvalue weighted by atomic mass is 19.1. The van der Waals surface area contributed by atoms with Gasteiger partial charge in [-0.15, -0.1) is 0 Å². The number of likely N-dealkylation sites (tertiary alicyclic amines) is 1. The van der Waals surface area contributed by atoms with Gasteiger partial charge in [-0.05, 0) is 75.2 Å². The van der Waals surface area contributed by atoms with Gasteiger partial charge in [0.1, 0.15) is 5.83 Å². The number of allylic oxidation sites excluding steroid dienone is 4. The number of fused-ring (bicyclic) bond motifs is 1. The maximum Gasteiger partial charge on any atom is 0.255 e. The monoisotopic (exact) mass is 418 g/mol. The van der Waals surface area contributed by atoms with E-state index in [1.54, 1.807) is 22.9 Å². The number of rotatable bonds is 5. The van der Waals surface area contributed by atoms with E-state index in [0.29, 0.717) is 6.42 Å². The Morgan fingerprint density at radius 1 is 1.13 bits per heavy atom. The molecule has 0 bridgehead atoms. The van der Waals surface area contributed by atoms with Crippen LogP contribution in [0.1, 0.15) is 37.7 Å². The zero-order chi connectivity index (χ0) is 21.4. The van der Waals surface area contributed by atoms with Crippen molar-refractivity contribution in [2.45, 2.75) is 38.6 Å². The average molecular weight is 419 g/mol. The third-order valence-electron chi connectivity index (χ3n) is 6.45. The van der Waals surface area contributed by atoms with Crippen LogP contribution < -0.4 is 5.56 Å². The summed E-state index contributed by atoms with van der Waals surface area (Å²) < 4.78 is 18.0. The molecule has 5 rings (SSSR count). The summed E-state index contributed by atoms with van der Waals surface area (Å²) in [4.78, 5) is 15.3. The molecule has 1 fully saturated rings. The smallest absolute Gasteiger partial charge is 0.255 e. The van der Waals surface area contributed by atoms with Crippen molar-refractivity contribution in [3.05, 3.63) is 82.2 Å². The molecule has 6 heteroatoms. The lowest BCUT2D eigenvalue weighted by atomic mass is 9.90. The molecule has 0 spiro atoms. The SMILES string of the molecule is CC1=CCC(c2ccn(-c3ccc4c(cnn4CCN4CCCC4)c3)c(=O)c2)C(F)=C1. The van der Waals surface area contributed by atoms with Crippen LogP contribution in [0.5, 0.6) is 0 Å². The quantitative estimate of drug-likeness (QED) is 0.610. The van der Waals surface area contributed by atoms with Crippen molar-refractivity contribution in [3.8, 4) is 5.69 Å². The minimum atomic E-state index is -0.373. The lowest BCUT2D eigenvalue weighted by Crippen LogP contribution is -2.24. The van der Waals surface area contributed by atoms with Gasteiger partial charge >= 0.3 is 0 Å². The molecule has 1 aliphatic heterocycles. The molecule has 2 aliphatic rings. The maximum atomic E-state index is 14.4. The summed E-state index contributed by atoms with van der Waals surface area (Å²) in [6, 6.07) is 9.36. The molecule has 0 amide bonds. The van der Waals surface area contributed by atoms with Gasteiger partial charge in [-0.1, -0.05) is 11.6 Å². The Kier molecular flexibility index (Phi) is 5.32. The van der Waals surface area contributed by atoms with E-state index in [1.165, 1.54) is 25.9 Å². The van der Waals surface area contributed by atoms with Crippen LogP contribution in [-0.2, 0) is 6.54 Å². The maximum absolute atomic E-state index is 14.4. The van der Waals surface area contributed by atoms with E-state index in [4.69, 9.17) is 0 Å². The van der Waals surface area contributed by atoms with Crippen molar-refractivity contribution in [1.29, 1.82) is 0 Å². The summed E-state index contributed by atoms with van der Waals surface area (Å²) in [6.07, 6.45) is 10.3. The van der Waals surface area contributed by atoms with Gasteiger partial charge in [0.15, 0.2) is 0 Å². The first-order valence-corrected chi connectivity index (χ1v) is 11.0. The first-order valence-electron chi connectivity index (χ1n) is 11.0. The number of hydrogen-bond donors (Lipinski definition) is 0. The first-order chi connectivity index (χ1) is 15.1. The van der Waals surface area contributed by atoms with Crippen molar-refractivity contribution in [1.82, 2.24) is 19.2 Å². The molecule has 0 N–H and O–H groups in total. The predicted octanol–water partition coefficient (Wildman–Crippen LogP) is 4.57. The zero-order valence-corrected chi connectivity index (χ0v) is 17.8. The zero-order valence-electron chi connectivity index (χ0n) is 17.8. The van der Waals surface area contributed by atoms with Crippen LogP contribution in [0.3, 0.4) is 0 Å². The number of halogens is 1. The Morgan fingerprint density at radius 3 is 2.74 bits per heavy atom. The van der Waals surface area contributed by atoms with Crippen molar-refractivity contribution in [3.63, 3.8) is 0 Å². The van der Waals surface area contributed by atoms with Crippen LogP contribution in [0.2, 0.25) is 0 Å². The number of aromatic nitrogens is 3. The molecular formula is C25H27FN4O. The number of pyridine rings is 1. The van der Waals surface area contributed by atoms with Gasteiger partial charge < -0.3 is 4.90 Å². The van der Waals surface area contributed by atoms with E-state index < -0.39 is 0 Å². The minimum Gasteiger partial charge on any atom is -0.301 e. The fourth-order valence-electron chi connectivity index (χ4n) is 4.66. The molecular weight excluding hydrogens is 391 g/mol. The van der Waals surface area contributed by atoms with Crippen LogP contribution in [0.25, 0.3) is 16.6 Å². The summed E-state index contributed by atoms with van der Waals surface area (Å²) in [5, 5.41) is 5.56. The van der Waals surface area contributed by atoms with Crippen LogP contribution >= 0.6 is 0 Å². The molecule has 3 heterocycles. The van der Waals surface area contributed by atoms with Gasteiger partial charge in [-0.25, -0.2) is 4.39 Å². The average Bonchev–Trinajstić information content (AvgIpc) is 3.41. The van der Waals surface area contributed by atoms with E-state index >= 15 is 0 Å². The largest absolute Gasteiger partial charge is 0.301 e. The van der Waals surface area contributed by atoms with Gasteiger partial charge in [0.2, 0.25) is 0 Å². The van der Waals surface area contributed by atoms with Crippen LogP contribution in [0, 0.1) is 0 Å². The topological polar surface area (TPSA) is 43.1 Å². The Bertz CT molecular complexity index is 1230. The van der Waals surface area contributed by atoms with Crippen molar-refractivity contribution in [2.75, 3.05) is 19.6 Å². The van der Waals surface area contributed by atoms with Crippen molar-refractivity contribution in [2.24, 2.45) is 0 Å². The molecule has 0 radical (unpaired) electrons. The van der Waals surface area contributed by atoms with Gasteiger partial charge in [-0.3, -0.25) is 14.0 Å². The number of hydrogen-bond acceptors (Lipinski definition) is 3. The Hall–Kier alpha value is -2.99. The minimum absolute atomic E-state index is 0.155. The van der Waals surface area contributed by atoms with Crippen molar-refractivity contribution >= 4 is 10.9 Å². The molecule has 1 aromatic carbocycles. The highest BCUT2D eigenvalue weighted by Crippen LogP contribution is 2.33. The van der Waals surface area contributed by atoms with E-state index in [1.807, 2.05) is 48.1 Å². The van der Waals surface area contributed by atoms with Crippen LogP contribution in [0.4, 0.5) is 4.39 Å². The lowest BCUT2D eigenvalue weighted by Gasteiger charge is -2.18. The normalized spacial score (nSPS) is 19.6. The fraction of sp³-hybridized carbons (Fsp3) is 0.360. The van der Waals surface area contributed by atoms with E-state index in [9.17, 15) is 9.18 Å². The molecule has 160 valence electrons. The molecule has 0 saturated carbocycles. The molecule has 1 unspecified atom stereocenters. The molecule has 1 saturated heterocycles. The second kappa shape index (κ2) is 8.27.